The monoisotopic (exact) mass is 131 g/mol. The maximum Gasteiger partial charge on any atom is 0.0542 e. The number of nitrogens with zero attached hydrogens (tertiary/aromatic N) is 1. The zero-order valence-electron chi connectivity index (χ0n) is 5.46. The van der Waals surface area contributed by atoms with Crippen molar-refractivity contribution in [2.75, 3.05) is 6.54 Å². The van der Waals surface area contributed by atoms with Gasteiger partial charge >= 0.3 is 0 Å². The van der Waals surface area contributed by atoms with E-state index in [0.717, 1.165) is 0 Å². The summed E-state index contributed by atoms with van der Waals surface area (Å²) in [5.41, 5.74) is 0. The number of thiol groups is 1. The lowest BCUT2D eigenvalue weighted by Gasteiger charge is -2.40. The van der Waals surface area contributed by atoms with Gasteiger partial charge in [0.15, 0.2) is 0 Å². The van der Waals surface area contributed by atoms with Gasteiger partial charge in [0.25, 0.3) is 0 Å². The third kappa shape index (κ3) is 1.00. The van der Waals surface area contributed by atoms with Gasteiger partial charge in [-0.05, 0) is 20.3 Å². The predicted molar refractivity (Wildman–Crippen MR) is 39.2 cm³/mol. The lowest BCUT2D eigenvalue weighted by molar-refractivity contribution is 0.116. The molecule has 0 unspecified atom stereocenters. The molecule has 1 nitrogen and oxygen atoms in total. The van der Waals surface area contributed by atoms with E-state index in [1.165, 1.54) is 13.0 Å². The van der Waals surface area contributed by atoms with Crippen LogP contribution in [-0.4, -0.2) is 22.9 Å². The Labute approximate surface area is 56.5 Å². The highest BCUT2D eigenvalue weighted by Crippen LogP contribution is 2.22. The number of rotatable bonds is 1. The summed E-state index contributed by atoms with van der Waals surface area (Å²) in [4.78, 5) is 2.38. The highest BCUT2D eigenvalue weighted by atomic mass is 32.1. The van der Waals surface area contributed by atoms with Crippen molar-refractivity contribution in [2.24, 2.45) is 0 Å². The van der Waals surface area contributed by atoms with Crippen LogP contribution >= 0.6 is 12.6 Å². The van der Waals surface area contributed by atoms with Gasteiger partial charge in [0.1, 0.15) is 0 Å². The van der Waals surface area contributed by atoms with Crippen LogP contribution in [0, 0.1) is 0 Å². The van der Waals surface area contributed by atoms with E-state index in [0.29, 0.717) is 11.4 Å². The molecule has 0 N–H and O–H groups in total. The molecule has 0 amide bonds. The van der Waals surface area contributed by atoms with Crippen molar-refractivity contribution in [3.63, 3.8) is 0 Å². The Morgan fingerprint density at radius 3 is 2.25 bits per heavy atom. The van der Waals surface area contributed by atoms with Crippen molar-refractivity contribution in [1.29, 1.82) is 0 Å². The first-order valence-corrected chi connectivity index (χ1v) is 3.67. The van der Waals surface area contributed by atoms with Crippen LogP contribution < -0.4 is 0 Å². The fourth-order valence-electron chi connectivity index (χ4n) is 0.996. The molecule has 2 heteroatoms. The molecule has 1 saturated heterocycles. The van der Waals surface area contributed by atoms with E-state index in [4.69, 9.17) is 0 Å². The van der Waals surface area contributed by atoms with Crippen molar-refractivity contribution in [3.05, 3.63) is 0 Å². The zero-order valence-corrected chi connectivity index (χ0v) is 6.36. The van der Waals surface area contributed by atoms with Crippen LogP contribution in [0.4, 0.5) is 0 Å². The second-order valence-electron chi connectivity index (χ2n) is 2.60. The van der Waals surface area contributed by atoms with Gasteiger partial charge in [0, 0.05) is 12.6 Å². The summed E-state index contributed by atoms with van der Waals surface area (Å²) in [5.74, 6) is 0. The summed E-state index contributed by atoms with van der Waals surface area (Å²) in [7, 11) is 0. The van der Waals surface area contributed by atoms with Crippen LogP contribution in [0.3, 0.4) is 0 Å². The molecule has 0 aliphatic carbocycles. The topological polar surface area (TPSA) is 3.24 Å². The fraction of sp³-hybridized carbons (Fsp3) is 1.00. The summed E-state index contributed by atoms with van der Waals surface area (Å²) in [5, 5.41) is 0.551. The molecule has 0 aromatic rings. The van der Waals surface area contributed by atoms with Crippen LogP contribution in [0.25, 0.3) is 0 Å². The molecule has 1 heterocycles. The summed E-state index contributed by atoms with van der Waals surface area (Å²) < 4.78 is 0. The van der Waals surface area contributed by atoms with Crippen LogP contribution in [0.5, 0.6) is 0 Å². The minimum absolute atomic E-state index is 0.551. The minimum atomic E-state index is 0.551. The average molecular weight is 131 g/mol. The second kappa shape index (κ2) is 2.28. The van der Waals surface area contributed by atoms with Crippen molar-refractivity contribution in [1.82, 2.24) is 4.90 Å². The maximum absolute atomic E-state index is 4.35. The Morgan fingerprint density at radius 2 is 2.25 bits per heavy atom. The van der Waals surface area contributed by atoms with Crippen LogP contribution in [0.1, 0.15) is 20.3 Å². The van der Waals surface area contributed by atoms with Gasteiger partial charge in [-0.3, -0.25) is 4.90 Å². The molecular formula is C6H13NS. The Bertz CT molecular complexity index is 77.8. The van der Waals surface area contributed by atoms with E-state index in [9.17, 15) is 0 Å². The molecule has 1 fully saturated rings. The average Bonchev–Trinajstić information content (AvgIpc) is 1.61. The Morgan fingerprint density at radius 1 is 1.62 bits per heavy atom. The van der Waals surface area contributed by atoms with E-state index >= 15 is 0 Å². The Hall–Kier alpha value is 0.310. The Balaban J connectivity index is 2.26. The first-order valence-electron chi connectivity index (χ1n) is 3.15. The quantitative estimate of drug-likeness (QED) is 0.526. The molecule has 0 saturated carbocycles. The SMILES string of the molecule is CC(C)N1CC[C@H]1S. The summed E-state index contributed by atoms with van der Waals surface area (Å²) in [6.07, 6.45) is 1.27. The number of hydrogen-bond donors (Lipinski definition) is 1. The summed E-state index contributed by atoms with van der Waals surface area (Å²) in [6, 6.07) is 0.686. The standard InChI is InChI=1S/C6H13NS/c1-5(2)7-4-3-6(7)8/h5-6,8H,3-4H2,1-2H3/t6-/m1/s1. The normalized spacial score (nSPS) is 30.8. The molecule has 0 aromatic heterocycles. The molecule has 1 aliphatic heterocycles. The number of hydrogen-bond acceptors (Lipinski definition) is 2. The van der Waals surface area contributed by atoms with Crippen molar-refractivity contribution in [3.8, 4) is 0 Å². The first kappa shape index (κ1) is 6.43. The van der Waals surface area contributed by atoms with E-state index in [2.05, 4.69) is 31.4 Å². The maximum atomic E-state index is 4.35. The molecule has 8 heavy (non-hydrogen) atoms. The first-order chi connectivity index (χ1) is 3.72. The van der Waals surface area contributed by atoms with E-state index in [1.54, 1.807) is 0 Å². The van der Waals surface area contributed by atoms with Gasteiger partial charge in [-0.2, -0.15) is 12.6 Å². The van der Waals surface area contributed by atoms with Crippen molar-refractivity contribution < 1.29 is 0 Å². The Kier molecular flexibility index (Phi) is 1.83. The fourth-order valence-corrected chi connectivity index (χ4v) is 1.49. The molecule has 0 spiro atoms. The molecule has 0 aromatic carbocycles. The van der Waals surface area contributed by atoms with E-state index in [1.807, 2.05) is 0 Å². The molecule has 0 radical (unpaired) electrons. The molecular weight excluding hydrogens is 118 g/mol. The van der Waals surface area contributed by atoms with Gasteiger partial charge < -0.3 is 0 Å². The lowest BCUT2D eigenvalue weighted by Crippen LogP contribution is -2.48. The molecule has 1 atom stereocenters. The smallest absolute Gasteiger partial charge is 0.0542 e. The van der Waals surface area contributed by atoms with Crippen molar-refractivity contribution >= 4 is 12.6 Å². The molecule has 48 valence electrons. The van der Waals surface area contributed by atoms with Crippen molar-refractivity contribution in [2.45, 2.75) is 31.7 Å². The zero-order chi connectivity index (χ0) is 6.15. The predicted octanol–water partition coefficient (Wildman–Crippen LogP) is 1.36. The second-order valence-corrected chi connectivity index (χ2v) is 3.20. The van der Waals surface area contributed by atoms with Gasteiger partial charge in [-0.15, -0.1) is 0 Å². The van der Waals surface area contributed by atoms with Gasteiger partial charge in [-0.1, -0.05) is 0 Å². The van der Waals surface area contributed by atoms with E-state index < -0.39 is 0 Å². The van der Waals surface area contributed by atoms with Gasteiger partial charge in [-0.25, -0.2) is 0 Å². The molecule has 1 aliphatic rings. The van der Waals surface area contributed by atoms with Crippen LogP contribution in [0.2, 0.25) is 0 Å². The molecule has 1 rings (SSSR count). The van der Waals surface area contributed by atoms with Crippen LogP contribution in [0.15, 0.2) is 0 Å². The summed E-state index contributed by atoms with van der Waals surface area (Å²) >= 11 is 4.35. The largest absolute Gasteiger partial charge is 0.289 e. The third-order valence-corrected chi connectivity index (χ3v) is 2.25. The highest BCUT2D eigenvalue weighted by molar-refractivity contribution is 7.80. The highest BCUT2D eigenvalue weighted by Gasteiger charge is 2.25. The van der Waals surface area contributed by atoms with Crippen LogP contribution in [-0.2, 0) is 0 Å². The minimum Gasteiger partial charge on any atom is -0.289 e. The number of likely N-dealkylation sites (tertiary alicyclic amines) is 1. The van der Waals surface area contributed by atoms with Gasteiger partial charge in [0.2, 0.25) is 0 Å². The summed E-state index contributed by atoms with van der Waals surface area (Å²) in [6.45, 7) is 5.66. The van der Waals surface area contributed by atoms with Gasteiger partial charge in [0.05, 0.1) is 5.37 Å². The molecule has 0 bridgehead atoms. The lowest BCUT2D eigenvalue weighted by atomic mass is 10.1. The van der Waals surface area contributed by atoms with E-state index in [-0.39, 0.29) is 0 Å². The third-order valence-electron chi connectivity index (χ3n) is 1.69.